The van der Waals surface area contributed by atoms with E-state index in [9.17, 15) is 0 Å². The Morgan fingerprint density at radius 3 is 2.55 bits per heavy atom. The van der Waals surface area contributed by atoms with Crippen molar-refractivity contribution in [1.29, 1.82) is 0 Å². The van der Waals surface area contributed by atoms with Crippen LogP contribution < -0.4 is 0 Å². The van der Waals surface area contributed by atoms with Crippen molar-refractivity contribution >= 4 is 0 Å². The van der Waals surface area contributed by atoms with Gasteiger partial charge in [-0.25, -0.2) is 0 Å². The molecule has 0 aromatic rings. The van der Waals surface area contributed by atoms with Gasteiger partial charge in [-0.1, -0.05) is 53.5 Å². The van der Waals surface area contributed by atoms with Gasteiger partial charge in [0.25, 0.3) is 0 Å². The maximum absolute atomic E-state index is 3.97. The van der Waals surface area contributed by atoms with Crippen LogP contribution in [0.3, 0.4) is 0 Å². The second-order valence-corrected chi connectivity index (χ2v) is 8.85. The van der Waals surface area contributed by atoms with Crippen molar-refractivity contribution in [3.63, 3.8) is 0 Å². The number of rotatable bonds is 4. The summed E-state index contributed by atoms with van der Waals surface area (Å²) >= 11 is 0. The molecular formula is C20H36. The van der Waals surface area contributed by atoms with Gasteiger partial charge in [0.15, 0.2) is 0 Å². The molecule has 0 heteroatoms. The summed E-state index contributed by atoms with van der Waals surface area (Å²) < 4.78 is 0. The van der Waals surface area contributed by atoms with Crippen LogP contribution >= 0.6 is 0 Å². The van der Waals surface area contributed by atoms with Crippen molar-refractivity contribution in [2.45, 2.75) is 79.6 Å². The molecule has 0 amide bonds. The highest BCUT2D eigenvalue weighted by Gasteiger charge is 2.53. The standard InChI is InChI=1S/C20H36/c1-7-15(2)9-11-17-16(3)10-12-18-19(4,5)13-8-14-20(17,18)6/h7,15-18H,1,8-14H2,2-6H3/t15-,16-,17-,18-,20+/m0/s1. The summed E-state index contributed by atoms with van der Waals surface area (Å²) in [6.07, 6.45) is 12.2. The fourth-order valence-corrected chi connectivity index (χ4v) is 5.79. The van der Waals surface area contributed by atoms with Gasteiger partial charge in [0.1, 0.15) is 0 Å². The van der Waals surface area contributed by atoms with Crippen LogP contribution in [0.5, 0.6) is 0 Å². The molecule has 0 aromatic heterocycles. The minimum absolute atomic E-state index is 0.565. The summed E-state index contributed by atoms with van der Waals surface area (Å²) in [6.45, 7) is 16.5. The highest BCUT2D eigenvalue weighted by Crippen LogP contribution is 2.62. The molecule has 0 unspecified atom stereocenters. The topological polar surface area (TPSA) is 0 Å². The molecule has 0 aliphatic heterocycles. The number of fused-ring (bicyclic) bond motifs is 1. The van der Waals surface area contributed by atoms with Crippen LogP contribution in [0.2, 0.25) is 0 Å². The smallest absolute Gasteiger partial charge is 0.0262 e. The molecule has 116 valence electrons. The summed E-state index contributed by atoms with van der Waals surface area (Å²) in [5.74, 6) is 3.48. The first kappa shape index (κ1) is 16.1. The van der Waals surface area contributed by atoms with Gasteiger partial charge in [-0.2, -0.15) is 0 Å². The largest absolute Gasteiger partial charge is 0.103 e. The molecule has 2 aliphatic carbocycles. The molecule has 2 aliphatic rings. The monoisotopic (exact) mass is 276 g/mol. The molecule has 0 N–H and O–H groups in total. The van der Waals surface area contributed by atoms with E-state index in [-0.39, 0.29) is 0 Å². The Balaban J connectivity index is 2.17. The van der Waals surface area contributed by atoms with Gasteiger partial charge in [-0.3, -0.25) is 0 Å². The van der Waals surface area contributed by atoms with Crippen LogP contribution in [0.15, 0.2) is 12.7 Å². The van der Waals surface area contributed by atoms with Crippen molar-refractivity contribution in [1.82, 2.24) is 0 Å². The van der Waals surface area contributed by atoms with Crippen LogP contribution in [0.1, 0.15) is 79.6 Å². The lowest BCUT2D eigenvalue weighted by atomic mass is 9.46. The molecule has 0 spiro atoms. The first-order valence-corrected chi connectivity index (χ1v) is 8.94. The third kappa shape index (κ3) is 2.85. The summed E-state index contributed by atoms with van der Waals surface area (Å²) in [4.78, 5) is 0. The minimum Gasteiger partial charge on any atom is -0.103 e. The van der Waals surface area contributed by atoms with Crippen molar-refractivity contribution in [3.05, 3.63) is 12.7 Å². The maximum Gasteiger partial charge on any atom is -0.0262 e. The molecule has 20 heavy (non-hydrogen) atoms. The van der Waals surface area contributed by atoms with E-state index >= 15 is 0 Å². The Morgan fingerprint density at radius 2 is 1.90 bits per heavy atom. The third-order valence-electron chi connectivity index (χ3n) is 7.06. The maximum atomic E-state index is 3.97. The molecule has 0 bridgehead atoms. The Morgan fingerprint density at radius 1 is 1.20 bits per heavy atom. The average molecular weight is 277 g/mol. The van der Waals surface area contributed by atoms with Crippen molar-refractivity contribution in [2.24, 2.45) is 34.5 Å². The second kappa shape index (κ2) is 5.85. The van der Waals surface area contributed by atoms with Gasteiger partial charge < -0.3 is 0 Å². The second-order valence-electron chi connectivity index (χ2n) is 8.85. The minimum atomic E-state index is 0.565. The van der Waals surface area contributed by atoms with E-state index in [1.54, 1.807) is 0 Å². The van der Waals surface area contributed by atoms with Crippen LogP contribution in [0.25, 0.3) is 0 Å². The van der Waals surface area contributed by atoms with Gasteiger partial charge in [-0.15, -0.1) is 6.58 Å². The highest BCUT2D eigenvalue weighted by molar-refractivity contribution is 5.02. The summed E-state index contributed by atoms with van der Waals surface area (Å²) in [6, 6.07) is 0. The summed E-state index contributed by atoms with van der Waals surface area (Å²) in [7, 11) is 0. The number of allylic oxidation sites excluding steroid dienone is 1. The molecule has 0 nitrogen and oxygen atoms in total. The van der Waals surface area contributed by atoms with Crippen molar-refractivity contribution < 1.29 is 0 Å². The van der Waals surface area contributed by atoms with E-state index in [1.165, 1.54) is 44.9 Å². The molecule has 0 heterocycles. The third-order valence-corrected chi connectivity index (χ3v) is 7.06. The zero-order chi connectivity index (χ0) is 15.0. The van der Waals surface area contributed by atoms with E-state index in [4.69, 9.17) is 0 Å². The zero-order valence-electron chi connectivity index (χ0n) is 14.5. The SMILES string of the molecule is C=C[C@H](C)CC[C@H]1[C@@H](C)CC[C@H]2C(C)(C)CCC[C@]12C. The average Bonchev–Trinajstić information content (AvgIpc) is 2.36. The number of hydrogen-bond donors (Lipinski definition) is 0. The fraction of sp³-hybridized carbons (Fsp3) is 0.900. The lowest BCUT2D eigenvalue weighted by Crippen LogP contribution is -2.51. The Labute approximate surface area is 127 Å². The Hall–Kier alpha value is -0.260. The fourth-order valence-electron chi connectivity index (χ4n) is 5.79. The van der Waals surface area contributed by atoms with E-state index in [0.29, 0.717) is 16.7 Å². The van der Waals surface area contributed by atoms with Gasteiger partial charge in [0.05, 0.1) is 0 Å². The van der Waals surface area contributed by atoms with Gasteiger partial charge >= 0.3 is 0 Å². The normalized spacial score (nSPS) is 41.8. The van der Waals surface area contributed by atoms with E-state index in [2.05, 4.69) is 47.3 Å². The molecule has 2 rings (SSSR count). The number of hydrogen-bond acceptors (Lipinski definition) is 0. The molecule has 5 atom stereocenters. The molecular weight excluding hydrogens is 240 g/mol. The van der Waals surface area contributed by atoms with Gasteiger partial charge in [-0.05, 0) is 66.6 Å². The van der Waals surface area contributed by atoms with E-state index < -0.39 is 0 Å². The van der Waals surface area contributed by atoms with Crippen LogP contribution in [0, 0.1) is 34.5 Å². The molecule has 0 saturated heterocycles. The van der Waals surface area contributed by atoms with E-state index in [0.717, 1.165) is 17.8 Å². The first-order chi connectivity index (χ1) is 9.31. The van der Waals surface area contributed by atoms with Crippen LogP contribution in [-0.4, -0.2) is 0 Å². The Bertz CT molecular complexity index is 340. The quantitative estimate of drug-likeness (QED) is 0.516. The Kier molecular flexibility index (Phi) is 4.72. The predicted molar refractivity (Wildman–Crippen MR) is 89.7 cm³/mol. The van der Waals surface area contributed by atoms with Crippen LogP contribution in [0.4, 0.5) is 0 Å². The molecule has 2 saturated carbocycles. The van der Waals surface area contributed by atoms with Crippen LogP contribution in [-0.2, 0) is 0 Å². The summed E-state index contributed by atoms with van der Waals surface area (Å²) in [5.41, 5.74) is 1.16. The van der Waals surface area contributed by atoms with E-state index in [1.807, 2.05) is 0 Å². The van der Waals surface area contributed by atoms with Gasteiger partial charge in [0, 0.05) is 0 Å². The van der Waals surface area contributed by atoms with Crippen molar-refractivity contribution in [2.75, 3.05) is 0 Å². The summed E-state index contributed by atoms with van der Waals surface area (Å²) in [5, 5.41) is 0. The molecule has 0 radical (unpaired) electrons. The molecule has 2 fully saturated rings. The molecule has 0 aromatic carbocycles. The first-order valence-electron chi connectivity index (χ1n) is 8.94. The van der Waals surface area contributed by atoms with Gasteiger partial charge in [0.2, 0.25) is 0 Å². The highest BCUT2D eigenvalue weighted by atomic mass is 14.6. The van der Waals surface area contributed by atoms with Crippen molar-refractivity contribution in [3.8, 4) is 0 Å². The predicted octanol–water partition coefficient (Wildman–Crippen LogP) is 6.47. The lowest BCUT2D eigenvalue weighted by molar-refractivity contribution is -0.0968. The lowest BCUT2D eigenvalue weighted by Gasteiger charge is -2.59. The zero-order valence-corrected chi connectivity index (χ0v) is 14.5.